The lowest BCUT2D eigenvalue weighted by Gasteiger charge is -2.44. The molecule has 112 valence electrons. The smallest absolute Gasteiger partial charge is 0.314 e. The number of nitrogens with one attached hydrogen (secondary N) is 1. The zero-order valence-electron chi connectivity index (χ0n) is 11.8. The molecule has 1 heterocycles. The Bertz CT molecular complexity index is 589. The van der Waals surface area contributed by atoms with Crippen molar-refractivity contribution in [2.45, 2.75) is 24.3 Å². The van der Waals surface area contributed by atoms with Gasteiger partial charge in [-0.3, -0.25) is 10.1 Å². The number of rotatable bonds is 2. The largest absolute Gasteiger partial charge is 0.368 e. The van der Waals surface area contributed by atoms with Gasteiger partial charge in [0.05, 0.1) is 6.54 Å². The van der Waals surface area contributed by atoms with Crippen LogP contribution in [-0.2, 0) is 11.2 Å². The first-order valence-electron chi connectivity index (χ1n) is 7.22. The summed E-state index contributed by atoms with van der Waals surface area (Å²) in [5.41, 5.74) is 12.6. The van der Waals surface area contributed by atoms with Crippen molar-refractivity contribution in [3.63, 3.8) is 0 Å². The summed E-state index contributed by atoms with van der Waals surface area (Å²) in [7, 11) is 0. The average Bonchev–Trinajstić information content (AvgIpc) is 2.91. The van der Waals surface area contributed by atoms with E-state index in [-0.39, 0.29) is 12.5 Å². The number of carbonyl (C=O) groups is 2. The lowest BCUT2D eigenvalue weighted by Crippen LogP contribution is -2.70. The molecule has 2 aliphatic rings. The molecular formula is C15H20N4O2. The van der Waals surface area contributed by atoms with Crippen LogP contribution in [0, 0.1) is 0 Å². The van der Waals surface area contributed by atoms with Crippen molar-refractivity contribution >= 4 is 11.9 Å². The van der Waals surface area contributed by atoms with Gasteiger partial charge >= 0.3 is 6.03 Å². The number of aryl methyl sites for hydroxylation is 1. The second kappa shape index (κ2) is 5.04. The predicted molar refractivity (Wildman–Crippen MR) is 78.6 cm³/mol. The summed E-state index contributed by atoms with van der Waals surface area (Å²) in [5, 5.41) is 3.28. The monoisotopic (exact) mass is 288 g/mol. The van der Waals surface area contributed by atoms with Gasteiger partial charge < -0.3 is 16.4 Å². The third kappa shape index (κ3) is 2.15. The summed E-state index contributed by atoms with van der Waals surface area (Å²) in [5.74, 6) is -0.441. The minimum Gasteiger partial charge on any atom is -0.368 e. The molecule has 1 aliphatic carbocycles. The van der Waals surface area contributed by atoms with Crippen molar-refractivity contribution in [2.75, 3.05) is 19.6 Å². The van der Waals surface area contributed by atoms with Gasteiger partial charge in [-0.1, -0.05) is 24.3 Å². The normalized spacial score (nSPS) is 28.2. The van der Waals surface area contributed by atoms with E-state index in [0.29, 0.717) is 13.1 Å². The third-order valence-electron chi connectivity index (χ3n) is 4.74. The van der Waals surface area contributed by atoms with Crippen LogP contribution in [0.25, 0.3) is 0 Å². The van der Waals surface area contributed by atoms with Gasteiger partial charge in [-0.2, -0.15) is 0 Å². The average molecular weight is 288 g/mol. The van der Waals surface area contributed by atoms with Crippen LogP contribution in [0.15, 0.2) is 24.3 Å². The summed E-state index contributed by atoms with van der Waals surface area (Å²) in [6.45, 7) is 1.25. The standard InChI is InChI=1S/C15H20N4O2/c16-13(20)15(9-19(14(17)21)8-7-18-15)12-6-5-10-3-1-2-4-11(10)12/h1-4,12,18H,5-9H2,(H2,16,20)(H2,17,21)/t12-,15?/m1/s1. The highest BCUT2D eigenvalue weighted by molar-refractivity contribution is 5.88. The Balaban J connectivity index is 1.99. The molecule has 0 aromatic heterocycles. The number of piperazine rings is 1. The molecule has 3 rings (SSSR count). The number of nitrogens with zero attached hydrogens (tertiary/aromatic N) is 1. The van der Waals surface area contributed by atoms with Crippen LogP contribution in [0.5, 0.6) is 0 Å². The number of nitrogens with two attached hydrogens (primary N) is 2. The topological polar surface area (TPSA) is 101 Å². The lowest BCUT2D eigenvalue weighted by atomic mass is 9.77. The van der Waals surface area contributed by atoms with Crippen molar-refractivity contribution in [3.05, 3.63) is 35.4 Å². The summed E-state index contributed by atoms with van der Waals surface area (Å²) in [4.78, 5) is 25.2. The van der Waals surface area contributed by atoms with Gasteiger partial charge in [-0.05, 0) is 24.0 Å². The molecule has 1 aromatic carbocycles. The molecular weight excluding hydrogens is 268 g/mol. The first-order valence-corrected chi connectivity index (χ1v) is 7.22. The van der Waals surface area contributed by atoms with Crippen LogP contribution in [0.2, 0.25) is 0 Å². The van der Waals surface area contributed by atoms with Crippen LogP contribution in [0.4, 0.5) is 4.79 Å². The summed E-state index contributed by atoms with van der Waals surface area (Å²) < 4.78 is 0. The van der Waals surface area contributed by atoms with Crippen molar-refractivity contribution in [2.24, 2.45) is 11.5 Å². The Kier molecular flexibility index (Phi) is 3.33. The van der Waals surface area contributed by atoms with Crippen LogP contribution in [-0.4, -0.2) is 42.0 Å². The number of hydrogen-bond acceptors (Lipinski definition) is 3. The van der Waals surface area contributed by atoms with Crippen molar-refractivity contribution in [3.8, 4) is 0 Å². The molecule has 1 fully saturated rings. The first-order chi connectivity index (χ1) is 10.0. The van der Waals surface area contributed by atoms with Gasteiger partial charge in [0.25, 0.3) is 0 Å². The van der Waals surface area contributed by atoms with Crippen LogP contribution >= 0.6 is 0 Å². The van der Waals surface area contributed by atoms with E-state index in [2.05, 4.69) is 11.4 Å². The fraction of sp³-hybridized carbons (Fsp3) is 0.467. The molecule has 0 saturated carbocycles. The second-order valence-electron chi connectivity index (χ2n) is 5.81. The molecule has 0 radical (unpaired) electrons. The van der Waals surface area contributed by atoms with Crippen LogP contribution in [0.3, 0.4) is 0 Å². The second-order valence-corrected chi connectivity index (χ2v) is 5.81. The molecule has 0 bridgehead atoms. The van der Waals surface area contributed by atoms with Gasteiger partial charge in [-0.15, -0.1) is 0 Å². The maximum absolute atomic E-state index is 12.2. The highest BCUT2D eigenvalue weighted by Gasteiger charge is 2.50. The number of carbonyl (C=O) groups excluding carboxylic acids is 2. The first kappa shape index (κ1) is 13.9. The SMILES string of the molecule is NC(=O)N1CCNC(C(N)=O)([C@@H]2CCc3ccccc32)C1. The van der Waals surface area contributed by atoms with Crippen molar-refractivity contribution in [1.29, 1.82) is 0 Å². The Labute approximate surface area is 123 Å². The van der Waals surface area contributed by atoms with Crippen LogP contribution in [0.1, 0.15) is 23.5 Å². The van der Waals surface area contributed by atoms with Crippen LogP contribution < -0.4 is 16.8 Å². The number of urea groups is 1. The predicted octanol–water partition coefficient (Wildman–Crippen LogP) is -0.0756. The van der Waals surface area contributed by atoms with Gasteiger partial charge in [0.1, 0.15) is 5.54 Å². The number of primary amides is 2. The van der Waals surface area contributed by atoms with Crippen molar-refractivity contribution < 1.29 is 9.59 Å². The van der Waals surface area contributed by atoms with Gasteiger partial charge in [-0.25, -0.2) is 4.79 Å². The highest BCUT2D eigenvalue weighted by Crippen LogP contribution is 2.41. The molecule has 1 unspecified atom stereocenters. The molecule has 21 heavy (non-hydrogen) atoms. The molecule has 5 N–H and O–H groups in total. The number of benzene rings is 1. The zero-order chi connectivity index (χ0) is 15.0. The molecule has 6 heteroatoms. The minimum atomic E-state index is -0.931. The van der Waals surface area contributed by atoms with E-state index in [9.17, 15) is 9.59 Å². The Hall–Kier alpha value is -2.08. The fourth-order valence-corrected chi connectivity index (χ4v) is 3.68. The summed E-state index contributed by atoms with van der Waals surface area (Å²) in [6.07, 6.45) is 1.77. The van der Waals surface area contributed by atoms with Gasteiger partial charge in [0, 0.05) is 19.0 Å². The molecule has 3 amide bonds. The molecule has 6 nitrogen and oxygen atoms in total. The molecule has 2 atom stereocenters. The zero-order valence-corrected chi connectivity index (χ0v) is 11.8. The van der Waals surface area contributed by atoms with E-state index in [1.165, 1.54) is 10.5 Å². The van der Waals surface area contributed by atoms with E-state index in [1.807, 2.05) is 18.2 Å². The maximum atomic E-state index is 12.2. The molecule has 1 saturated heterocycles. The molecule has 1 aromatic rings. The lowest BCUT2D eigenvalue weighted by molar-refractivity contribution is -0.127. The summed E-state index contributed by atoms with van der Waals surface area (Å²) in [6, 6.07) is 7.60. The summed E-state index contributed by atoms with van der Waals surface area (Å²) >= 11 is 0. The Morgan fingerprint density at radius 2 is 2.05 bits per heavy atom. The number of amides is 3. The van der Waals surface area contributed by atoms with E-state index in [4.69, 9.17) is 11.5 Å². The Morgan fingerprint density at radius 3 is 2.76 bits per heavy atom. The van der Waals surface area contributed by atoms with Gasteiger partial charge in [0.15, 0.2) is 0 Å². The third-order valence-corrected chi connectivity index (χ3v) is 4.74. The molecule has 0 spiro atoms. The highest BCUT2D eigenvalue weighted by atomic mass is 16.2. The number of fused-ring (bicyclic) bond motifs is 1. The number of hydrogen-bond donors (Lipinski definition) is 3. The minimum absolute atomic E-state index is 0.0200. The van der Waals surface area contributed by atoms with Gasteiger partial charge in [0.2, 0.25) is 5.91 Å². The van der Waals surface area contributed by atoms with E-state index in [0.717, 1.165) is 18.4 Å². The van der Waals surface area contributed by atoms with Crippen molar-refractivity contribution in [1.82, 2.24) is 10.2 Å². The van der Waals surface area contributed by atoms with E-state index < -0.39 is 17.5 Å². The Morgan fingerprint density at radius 1 is 1.29 bits per heavy atom. The quantitative estimate of drug-likeness (QED) is 0.709. The van der Waals surface area contributed by atoms with E-state index >= 15 is 0 Å². The molecule has 1 aliphatic heterocycles. The maximum Gasteiger partial charge on any atom is 0.314 e. The fourth-order valence-electron chi connectivity index (χ4n) is 3.68. The van der Waals surface area contributed by atoms with E-state index in [1.54, 1.807) is 0 Å².